The number of hydrogen-bond donors (Lipinski definition) is 0. The molecule has 4 aromatic rings. The molecule has 0 bridgehead atoms. The summed E-state index contributed by atoms with van der Waals surface area (Å²) < 4.78 is 17.5. The second-order valence-corrected chi connectivity index (χ2v) is 9.42. The SMILES string of the molecule is Cc1nonc1COC1CCN(c2nc(C(C)(C)C)nc3c2cnn3Cc2nonc2C)C1. The smallest absolute Gasteiger partial charge is 0.164 e. The van der Waals surface area contributed by atoms with Gasteiger partial charge in [-0.3, -0.25) is 0 Å². The molecular formula is C21H27N9O3. The van der Waals surface area contributed by atoms with E-state index in [0.717, 1.165) is 65.0 Å². The van der Waals surface area contributed by atoms with Crippen molar-refractivity contribution in [1.82, 2.24) is 40.4 Å². The van der Waals surface area contributed by atoms with Gasteiger partial charge >= 0.3 is 0 Å². The lowest BCUT2D eigenvalue weighted by molar-refractivity contribution is 0.0514. The van der Waals surface area contributed by atoms with Crippen molar-refractivity contribution in [1.29, 1.82) is 0 Å². The summed E-state index contributed by atoms with van der Waals surface area (Å²) in [7, 11) is 0. The molecule has 12 heteroatoms. The first-order chi connectivity index (χ1) is 15.8. The van der Waals surface area contributed by atoms with Crippen molar-refractivity contribution < 1.29 is 14.0 Å². The van der Waals surface area contributed by atoms with Gasteiger partial charge in [-0.2, -0.15) is 5.10 Å². The monoisotopic (exact) mass is 453 g/mol. The van der Waals surface area contributed by atoms with Crippen LogP contribution in [-0.2, 0) is 23.3 Å². The summed E-state index contributed by atoms with van der Waals surface area (Å²) in [5.74, 6) is 1.63. The predicted molar refractivity (Wildman–Crippen MR) is 117 cm³/mol. The highest BCUT2D eigenvalue weighted by atomic mass is 16.6. The molecule has 5 rings (SSSR count). The fourth-order valence-electron chi connectivity index (χ4n) is 3.80. The van der Waals surface area contributed by atoms with E-state index in [1.165, 1.54) is 0 Å². The first-order valence-corrected chi connectivity index (χ1v) is 11.0. The van der Waals surface area contributed by atoms with Gasteiger partial charge in [-0.1, -0.05) is 41.4 Å². The predicted octanol–water partition coefficient (Wildman–Crippen LogP) is 2.35. The lowest BCUT2D eigenvalue weighted by atomic mass is 9.95. The molecule has 1 aliphatic rings. The maximum Gasteiger partial charge on any atom is 0.164 e. The largest absolute Gasteiger partial charge is 0.370 e. The normalized spacial score (nSPS) is 16.9. The Morgan fingerprint density at radius 3 is 2.42 bits per heavy atom. The third kappa shape index (κ3) is 4.17. The summed E-state index contributed by atoms with van der Waals surface area (Å²) >= 11 is 0. The molecule has 0 radical (unpaired) electrons. The highest BCUT2D eigenvalue weighted by molar-refractivity contribution is 5.87. The zero-order valence-corrected chi connectivity index (χ0v) is 19.4. The average molecular weight is 454 g/mol. The minimum atomic E-state index is -0.226. The van der Waals surface area contributed by atoms with E-state index >= 15 is 0 Å². The van der Waals surface area contributed by atoms with Crippen molar-refractivity contribution in [2.45, 2.75) is 65.7 Å². The van der Waals surface area contributed by atoms with Crippen molar-refractivity contribution in [3.63, 3.8) is 0 Å². The Hall–Kier alpha value is -3.41. The molecule has 0 aromatic carbocycles. The van der Waals surface area contributed by atoms with Crippen molar-refractivity contribution in [2.24, 2.45) is 0 Å². The molecule has 12 nitrogen and oxygen atoms in total. The summed E-state index contributed by atoms with van der Waals surface area (Å²) in [6.07, 6.45) is 2.76. The van der Waals surface area contributed by atoms with Crippen LogP contribution in [-0.4, -0.2) is 59.6 Å². The van der Waals surface area contributed by atoms with Crippen LogP contribution in [0.5, 0.6) is 0 Å². The number of anilines is 1. The standard InChI is InChI=1S/C21H27N9O3/c1-12-16(27-32-25-12)10-30-19-15(8-22-30)18(23-20(24-19)21(3,4)5)29-7-6-14(9-29)31-11-17-13(2)26-33-28-17/h8,14H,6-7,9-11H2,1-5H3. The summed E-state index contributed by atoms with van der Waals surface area (Å²) in [5, 5.41) is 21.1. The maximum absolute atomic E-state index is 6.08. The molecule has 0 N–H and O–H groups in total. The van der Waals surface area contributed by atoms with Crippen LogP contribution in [0.4, 0.5) is 5.82 Å². The number of fused-ring (bicyclic) bond motifs is 1. The second kappa shape index (κ2) is 8.18. The van der Waals surface area contributed by atoms with Gasteiger partial charge in [0.2, 0.25) is 0 Å². The van der Waals surface area contributed by atoms with Crippen molar-refractivity contribution in [2.75, 3.05) is 18.0 Å². The van der Waals surface area contributed by atoms with Crippen LogP contribution < -0.4 is 4.90 Å². The molecule has 1 unspecified atom stereocenters. The maximum atomic E-state index is 6.08. The Bertz CT molecular complexity index is 1270. The van der Waals surface area contributed by atoms with Crippen LogP contribution in [0.1, 0.15) is 55.8 Å². The van der Waals surface area contributed by atoms with E-state index in [0.29, 0.717) is 13.2 Å². The van der Waals surface area contributed by atoms with Crippen LogP contribution in [0.25, 0.3) is 11.0 Å². The molecule has 33 heavy (non-hydrogen) atoms. The van der Waals surface area contributed by atoms with Gasteiger partial charge in [-0.25, -0.2) is 23.9 Å². The Labute approximate surface area is 190 Å². The quantitative estimate of drug-likeness (QED) is 0.426. The lowest BCUT2D eigenvalue weighted by Crippen LogP contribution is -2.26. The molecule has 1 atom stereocenters. The van der Waals surface area contributed by atoms with Crippen LogP contribution >= 0.6 is 0 Å². The Morgan fingerprint density at radius 1 is 1.03 bits per heavy atom. The average Bonchev–Trinajstić information content (AvgIpc) is 3.55. The lowest BCUT2D eigenvalue weighted by Gasteiger charge is -2.23. The van der Waals surface area contributed by atoms with E-state index in [-0.39, 0.29) is 11.5 Å². The van der Waals surface area contributed by atoms with Gasteiger partial charge in [0, 0.05) is 18.5 Å². The summed E-state index contributed by atoms with van der Waals surface area (Å²) in [6.45, 7) is 12.4. The molecule has 1 aliphatic heterocycles. The number of aromatic nitrogens is 8. The first-order valence-electron chi connectivity index (χ1n) is 11.0. The van der Waals surface area contributed by atoms with Gasteiger partial charge in [-0.05, 0) is 20.3 Å². The van der Waals surface area contributed by atoms with E-state index in [1.807, 2.05) is 24.7 Å². The molecule has 174 valence electrons. The Balaban J connectivity index is 1.43. The van der Waals surface area contributed by atoms with Gasteiger partial charge in [0.05, 0.1) is 30.8 Å². The van der Waals surface area contributed by atoms with Gasteiger partial charge in [0.25, 0.3) is 0 Å². The summed E-state index contributed by atoms with van der Waals surface area (Å²) in [6, 6.07) is 0. The van der Waals surface area contributed by atoms with Gasteiger partial charge in [0.15, 0.2) is 5.65 Å². The Kier molecular flexibility index (Phi) is 5.31. The highest BCUT2D eigenvalue weighted by Crippen LogP contribution is 2.31. The fourth-order valence-corrected chi connectivity index (χ4v) is 3.80. The minimum Gasteiger partial charge on any atom is -0.370 e. The molecule has 1 fully saturated rings. The zero-order chi connectivity index (χ0) is 23.2. The van der Waals surface area contributed by atoms with E-state index < -0.39 is 0 Å². The number of hydrogen-bond acceptors (Lipinski definition) is 11. The molecule has 0 spiro atoms. The topological polar surface area (TPSA) is 134 Å². The third-order valence-electron chi connectivity index (χ3n) is 5.84. The molecule has 0 amide bonds. The highest BCUT2D eigenvalue weighted by Gasteiger charge is 2.29. The number of aryl methyl sites for hydroxylation is 2. The molecule has 4 aromatic heterocycles. The van der Waals surface area contributed by atoms with E-state index in [4.69, 9.17) is 24.0 Å². The van der Waals surface area contributed by atoms with E-state index in [1.54, 1.807) is 0 Å². The van der Waals surface area contributed by atoms with Crippen LogP contribution in [0.15, 0.2) is 15.5 Å². The summed E-state index contributed by atoms with van der Waals surface area (Å²) in [4.78, 5) is 12.1. The second-order valence-electron chi connectivity index (χ2n) is 9.42. The Morgan fingerprint density at radius 2 is 1.76 bits per heavy atom. The van der Waals surface area contributed by atoms with Crippen molar-refractivity contribution >= 4 is 16.9 Å². The molecule has 0 aliphatic carbocycles. The fraction of sp³-hybridized carbons (Fsp3) is 0.571. The van der Waals surface area contributed by atoms with Crippen LogP contribution in [0.3, 0.4) is 0 Å². The van der Waals surface area contributed by atoms with Crippen LogP contribution in [0.2, 0.25) is 0 Å². The van der Waals surface area contributed by atoms with E-state index in [2.05, 4.69) is 51.4 Å². The van der Waals surface area contributed by atoms with Crippen molar-refractivity contribution in [3.8, 4) is 0 Å². The first kappa shape index (κ1) is 21.4. The van der Waals surface area contributed by atoms with Gasteiger partial charge < -0.3 is 9.64 Å². The van der Waals surface area contributed by atoms with E-state index in [9.17, 15) is 0 Å². The third-order valence-corrected chi connectivity index (χ3v) is 5.84. The van der Waals surface area contributed by atoms with Gasteiger partial charge in [0.1, 0.15) is 34.4 Å². The number of ether oxygens (including phenoxy) is 1. The molecule has 1 saturated heterocycles. The molecule has 5 heterocycles. The van der Waals surface area contributed by atoms with Gasteiger partial charge in [-0.15, -0.1) is 0 Å². The zero-order valence-electron chi connectivity index (χ0n) is 19.4. The minimum absolute atomic E-state index is 0.0584. The summed E-state index contributed by atoms with van der Waals surface area (Å²) in [5.41, 5.74) is 3.48. The molecule has 0 saturated carbocycles. The van der Waals surface area contributed by atoms with Crippen molar-refractivity contribution in [3.05, 3.63) is 34.8 Å². The molecular weight excluding hydrogens is 426 g/mol. The van der Waals surface area contributed by atoms with Crippen LogP contribution in [0, 0.1) is 13.8 Å². The number of nitrogens with zero attached hydrogens (tertiary/aromatic N) is 9. The number of rotatable bonds is 6.